The molecule has 0 radical (unpaired) electrons. The van der Waals surface area contributed by atoms with Gasteiger partial charge in [0.2, 0.25) is 0 Å². The maximum absolute atomic E-state index is 12.5. The highest BCUT2D eigenvalue weighted by Gasteiger charge is 2.62. The van der Waals surface area contributed by atoms with Gasteiger partial charge in [0.1, 0.15) is 23.4 Å². The molecule has 0 aromatic rings. The van der Waals surface area contributed by atoms with Crippen molar-refractivity contribution in [2.75, 3.05) is 0 Å². The van der Waals surface area contributed by atoms with E-state index in [4.69, 9.17) is 9.47 Å². The Morgan fingerprint density at radius 3 is 2.57 bits per heavy atom. The predicted octanol–water partition coefficient (Wildman–Crippen LogP) is 2.98. The number of aliphatic hydroxyl groups is 3. The van der Waals surface area contributed by atoms with E-state index in [1.54, 1.807) is 0 Å². The third-order valence-electron chi connectivity index (χ3n) is 7.94. The maximum Gasteiger partial charge on any atom is 0.306 e. The summed E-state index contributed by atoms with van der Waals surface area (Å²) < 4.78 is 12.5. The van der Waals surface area contributed by atoms with Gasteiger partial charge in [0.25, 0.3) is 0 Å². The minimum Gasteiger partial charge on any atom is -0.457 e. The van der Waals surface area contributed by atoms with Crippen molar-refractivity contribution in [3.05, 3.63) is 12.2 Å². The summed E-state index contributed by atoms with van der Waals surface area (Å²) in [6.45, 7) is 14.0. The molecule has 6 heteroatoms. The second-order valence-electron chi connectivity index (χ2n) is 10.5. The van der Waals surface area contributed by atoms with E-state index in [1.165, 1.54) is 6.92 Å². The maximum atomic E-state index is 12.5. The lowest BCUT2D eigenvalue weighted by Crippen LogP contribution is -2.57. The van der Waals surface area contributed by atoms with Gasteiger partial charge in [-0.2, -0.15) is 0 Å². The third-order valence-corrected chi connectivity index (χ3v) is 7.94. The molecule has 1 unspecified atom stereocenters. The van der Waals surface area contributed by atoms with Crippen molar-refractivity contribution in [2.24, 2.45) is 23.7 Å². The van der Waals surface area contributed by atoms with E-state index in [9.17, 15) is 20.1 Å². The van der Waals surface area contributed by atoms with Gasteiger partial charge in [0, 0.05) is 18.3 Å². The summed E-state index contributed by atoms with van der Waals surface area (Å²) in [5.41, 5.74) is -1.67. The minimum atomic E-state index is -1.73. The van der Waals surface area contributed by atoms with Crippen LogP contribution in [-0.4, -0.2) is 56.9 Å². The Balaban J connectivity index is 2.09. The predicted molar refractivity (Wildman–Crippen MR) is 114 cm³/mol. The highest BCUT2D eigenvalue weighted by molar-refractivity contribution is 5.69. The van der Waals surface area contributed by atoms with Gasteiger partial charge in [-0.3, -0.25) is 4.79 Å². The fourth-order valence-corrected chi connectivity index (χ4v) is 6.07. The molecule has 2 saturated heterocycles. The zero-order valence-electron chi connectivity index (χ0n) is 19.1. The summed E-state index contributed by atoms with van der Waals surface area (Å²) in [4.78, 5) is 12.5. The van der Waals surface area contributed by atoms with Crippen molar-refractivity contribution >= 4 is 5.97 Å². The van der Waals surface area contributed by atoms with Crippen LogP contribution in [0.5, 0.6) is 0 Å². The van der Waals surface area contributed by atoms with Gasteiger partial charge < -0.3 is 24.8 Å². The molecule has 6 nitrogen and oxygen atoms in total. The molecule has 30 heavy (non-hydrogen) atoms. The molecule has 3 fully saturated rings. The number of hydrogen-bond donors (Lipinski definition) is 3. The van der Waals surface area contributed by atoms with E-state index in [-0.39, 0.29) is 24.2 Å². The van der Waals surface area contributed by atoms with Gasteiger partial charge in [0.15, 0.2) is 0 Å². The van der Waals surface area contributed by atoms with Crippen LogP contribution in [0, 0.1) is 23.7 Å². The van der Waals surface area contributed by atoms with E-state index >= 15 is 0 Å². The average Bonchev–Trinajstić information content (AvgIpc) is 3.07. The highest BCUT2D eigenvalue weighted by Crippen LogP contribution is 2.56. The number of carbonyl (C=O) groups excluding carboxylic acids is 1. The number of fused-ring (bicyclic) bond motifs is 5. The van der Waals surface area contributed by atoms with Gasteiger partial charge in [-0.25, -0.2) is 0 Å². The first-order valence-electron chi connectivity index (χ1n) is 11.6. The van der Waals surface area contributed by atoms with Crippen molar-refractivity contribution in [3.8, 4) is 0 Å². The molecule has 3 rings (SSSR count). The first-order valence-corrected chi connectivity index (χ1v) is 11.6. The second-order valence-corrected chi connectivity index (χ2v) is 10.5. The van der Waals surface area contributed by atoms with Crippen molar-refractivity contribution in [1.29, 1.82) is 0 Å². The van der Waals surface area contributed by atoms with E-state index in [0.717, 1.165) is 18.4 Å². The molecule has 1 saturated carbocycles. The average molecular weight is 425 g/mol. The lowest BCUT2D eigenvalue weighted by atomic mass is 9.60. The van der Waals surface area contributed by atoms with Crippen molar-refractivity contribution in [2.45, 2.75) is 109 Å². The number of hydrogen-bond acceptors (Lipinski definition) is 6. The summed E-state index contributed by atoms with van der Waals surface area (Å²) in [7, 11) is 0. The Morgan fingerprint density at radius 2 is 1.97 bits per heavy atom. The van der Waals surface area contributed by atoms with Gasteiger partial charge in [0.05, 0.1) is 12.2 Å². The van der Waals surface area contributed by atoms with Crippen LogP contribution in [-0.2, 0) is 14.3 Å². The van der Waals surface area contributed by atoms with Crippen molar-refractivity contribution in [1.82, 2.24) is 0 Å². The van der Waals surface area contributed by atoms with Gasteiger partial charge >= 0.3 is 5.97 Å². The molecule has 9 atom stereocenters. The number of ether oxygens (including phenoxy) is 2. The topological polar surface area (TPSA) is 96.2 Å². The van der Waals surface area contributed by atoms with Gasteiger partial charge in [-0.05, 0) is 57.8 Å². The molecular formula is C24H40O6. The quantitative estimate of drug-likeness (QED) is 0.474. The molecule has 3 N–H and O–H groups in total. The molecule has 2 aliphatic heterocycles. The van der Waals surface area contributed by atoms with Crippen molar-refractivity contribution in [3.63, 3.8) is 0 Å². The number of esters is 1. The standard InChI is InChI=1S/C24H40O6/c1-7-8-17(26)30-23(5)12-11-16(25)24(6,28)21(27)20-18-14(4)9-10-15(13(2)3)19(18)22(23)29-20/h13,15-16,18-22,25,27-28H,4,7-12H2,1-3,5-6H3/t15?,16-,18+,19-,20-,21+,22+,23-,24-/m1/s1. The van der Waals surface area contributed by atoms with Crippen LogP contribution in [0.25, 0.3) is 0 Å². The van der Waals surface area contributed by atoms with Crippen LogP contribution in [0.2, 0.25) is 0 Å². The van der Waals surface area contributed by atoms with E-state index in [2.05, 4.69) is 20.4 Å². The Bertz CT molecular complexity index is 658. The van der Waals surface area contributed by atoms with E-state index in [0.29, 0.717) is 31.1 Å². The van der Waals surface area contributed by atoms with Gasteiger partial charge in [-0.1, -0.05) is 32.9 Å². The summed E-state index contributed by atoms with van der Waals surface area (Å²) in [5.74, 6) is 0.349. The monoisotopic (exact) mass is 424 g/mol. The third kappa shape index (κ3) is 3.96. The molecule has 0 spiro atoms. The zero-order valence-corrected chi connectivity index (χ0v) is 19.1. The lowest BCUT2D eigenvalue weighted by Gasteiger charge is -2.46. The molecule has 2 heterocycles. The Hall–Kier alpha value is -0.950. The molecule has 2 bridgehead atoms. The Kier molecular flexibility index (Phi) is 6.74. The van der Waals surface area contributed by atoms with E-state index in [1.807, 2.05) is 13.8 Å². The molecule has 0 amide bonds. The molecule has 3 aliphatic rings. The van der Waals surface area contributed by atoms with Crippen LogP contribution in [0.1, 0.15) is 73.1 Å². The number of aliphatic hydroxyl groups excluding tert-OH is 2. The summed E-state index contributed by atoms with van der Waals surface area (Å²) in [5, 5.41) is 32.9. The Morgan fingerprint density at radius 1 is 1.30 bits per heavy atom. The fourth-order valence-electron chi connectivity index (χ4n) is 6.07. The largest absolute Gasteiger partial charge is 0.457 e. The normalized spacial score (nSPS) is 46.7. The van der Waals surface area contributed by atoms with Crippen LogP contribution >= 0.6 is 0 Å². The van der Waals surface area contributed by atoms with Crippen molar-refractivity contribution < 1.29 is 29.6 Å². The smallest absolute Gasteiger partial charge is 0.306 e. The number of rotatable bonds is 4. The van der Waals surface area contributed by atoms with Crippen LogP contribution < -0.4 is 0 Å². The van der Waals surface area contributed by atoms with Gasteiger partial charge in [-0.15, -0.1) is 0 Å². The second kappa shape index (κ2) is 8.53. The molecule has 0 aromatic heterocycles. The molecule has 172 valence electrons. The highest BCUT2D eigenvalue weighted by atomic mass is 16.6. The zero-order chi connectivity index (χ0) is 22.4. The summed E-state index contributed by atoms with van der Waals surface area (Å²) >= 11 is 0. The molecule has 1 aliphatic carbocycles. The molecular weight excluding hydrogens is 384 g/mol. The summed E-state index contributed by atoms with van der Waals surface area (Å²) in [6.07, 6.45) is -0.133. The van der Waals surface area contributed by atoms with Crippen LogP contribution in [0.4, 0.5) is 0 Å². The molecule has 0 aromatic carbocycles. The van der Waals surface area contributed by atoms with E-state index < -0.39 is 35.6 Å². The summed E-state index contributed by atoms with van der Waals surface area (Å²) in [6, 6.07) is 0. The minimum absolute atomic E-state index is 0.0383. The first kappa shape index (κ1) is 23.7. The number of carbonyl (C=O) groups is 1. The van der Waals surface area contributed by atoms with Crippen LogP contribution in [0.3, 0.4) is 0 Å². The lowest BCUT2D eigenvalue weighted by molar-refractivity contribution is -0.191. The van der Waals surface area contributed by atoms with Crippen LogP contribution in [0.15, 0.2) is 12.2 Å². The first-order chi connectivity index (χ1) is 13.9. The SMILES string of the molecule is C=C1CCC(C(C)C)[C@@H]2[C@H]1[C@H]1O[C@@H]2[C@](C)(OC(=O)CCC)CC[C@@H](O)[C@@](C)(O)[C@H]1O. The Labute approximate surface area is 180 Å². The fraction of sp³-hybridized carbons (Fsp3) is 0.875.